The third-order valence-corrected chi connectivity index (χ3v) is 2.49. The number of carbonyl (C=O) groups excluding carboxylic acids is 1. The number of β-amino-alcohol motifs (C(OH)–C–C–N with tert-alkyl or cyclic N) is 1. The Labute approximate surface area is 85.3 Å². The van der Waals surface area contributed by atoms with Gasteiger partial charge in [0.2, 0.25) is 0 Å². The van der Waals surface area contributed by atoms with Gasteiger partial charge >= 0.3 is 6.03 Å². The fourth-order valence-electron chi connectivity index (χ4n) is 1.62. The van der Waals surface area contributed by atoms with Crippen LogP contribution >= 0.6 is 0 Å². The lowest BCUT2D eigenvalue weighted by atomic mass is 10.1. The van der Waals surface area contributed by atoms with Crippen LogP contribution in [-0.2, 0) is 0 Å². The molecule has 1 unspecified atom stereocenters. The van der Waals surface area contributed by atoms with Gasteiger partial charge in [-0.25, -0.2) is 4.79 Å². The Morgan fingerprint density at radius 1 is 1.64 bits per heavy atom. The molecule has 1 heterocycles. The molecule has 1 atom stereocenters. The fraction of sp³-hybridized carbons (Fsp3) is 0.900. The first-order valence-electron chi connectivity index (χ1n) is 5.45. The van der Waals surface area contributed by atoms with E-state index in [0.29, 0.717) is 6.54 Å². The number of nitrogens with one attached hydrogen (secondary N) is 1. The van der Waals surface area contributed by atoms with Crippen molar-refractivity contribution in [2.75, 3.05) is 19.6 Å². The van der Waals surface area contributed by atoms with Crippen molar-refractivity contribution in [1.82, 2.24) is 10.2 Å². The molecule has 0 aromatic carbocycles. The van der Waals surface area contributed by atoms with Crippen molar-refractivity contribution in [3.05, 3.63) is 0 Å². The Morgan fingerprint density at radius 2 is 2.43 bits per heavy atom. The Bertz CT molecular complexity index is 185. The third-order valence-electron chi connectivity index (χ3n) is 2.49. The van der Waals surface area contributed by atoms with Gasteiger partial charge in [0, 0.05) is 19.6 Å². The molecule has 1 rings (SSSR count). The van der Waals surface area contributed by atoms with E-state index in [1.54, 1.807) is 4.90 Å². The second-order valence-electron chi connectivity index (χ2n) is 3.83. The molecule has 2 N–H and O–H groups in total. The average molecular weight is 200 g/mol. The largest absolute Gasteiger partial charge is 0.391 e. The summed E-state index contributed by atoms with van der Waals surface area (Å²) in [4.78, 5) is 13.2. The van der Waals surface area contributed by atoms with Crippen molar-refractivity contribution < 1.29 is 9.90 Å². The monoisotopic (exact) mass is 200 g/mol. The van der Waals surface area contributed by atoms with Crippen LogP contribution < -0.4 is 5.32 Å². The van der Waals surface area contributed by atoms with E-state index in [1.165, 1.54) is 0 Å². The van der Waals surface area contributed by atoms with E-state index in [4.69, 9.17) is 0 Å². The molecule has 1 aliphatic rings. The predicted molar refractivity (Wildman–Crippen MR) is 55.1 cm³/mol. The van der Waals surface area contributed by atoms with Crippen LogP contribution in [0.2, 0.25) is 0 Å². The first kappa shape index (κ1) is 11.3. The molecule has 0 aromatic heterocycles. The number of unbranched alkanes of at least 4 members (excludes halogenated alkanes) is 1. The highest BCUT2D eigenvalue weighted by Gasteiger charge is 2.21. The Hall–Kier alpha value is -0.770. The quantitative estimate of drug-likeness (QED) is 0.666. The number of nitrogens with zero attached hydrogens (tertiary/aromatic N) is 1. The molecule has 4 nitrogen and oxygen atoms in total. The SMILES string of the molecule is CCCCNC(=O)N1CCCC(O)C1. The lowest BCUT2D eigenvalue weighted by Gasteiger charge is -2.30. The van der Waals surface area contributed by atoms with Crippen molar-refractivity contribution in [2.24, 2.45) is 0 Å². The van der Waals surface area contributed by atoms with Crippen molar-refractivity contribution in [1.29, 1.82) is 0 Å². The van der Waals surface area contributed by atoms with Crippen LogP contribution in [0.3, 0.4) is 0 Å². The van der Waals surface area contributed by atoms with Gasteiger partial charge in [0.25, 0.3) is 0 Å². The molecule has 2 amide bonds. The molecule has 0 aromatic rings. The molecular weight excluding hydrogens is 180 g/mol. The molecule has 0 radical (unpaired) electrons. The minimum atomic E-state index is -0.333. The molecule has 0 spiro atoms. The lowest BCUT2D eigenvalue weighted by molar-refractivity contribution is 0.0843. The number of hydrogen-bond donors (Lipinski definition) is 2. The van der Waals surface area contributed by atoms with Crippen molar-refractivity contribution in [3.63, 3.8) is 0 Å². The second-order valence-corrected chi connectivity index (χ2v) is 3.83. The number of urea groups is 1. The summed E-state index contributed by atoms with van der Waals surface area (Å²) in [5.41, 5.74) is 0. The zero-order valence-corrected chi connectivity index (χ0v) is 8.83. The number of carbonyl (C=O) groups is 1. The number of piperidine rings is 1. The van der Waals surface area contributed by atoms with Gasteiger partial charge in [0.15, 0.2) is 0 Å². The summed E-state index contributed by atoms with van der Waals surface area (Å²) in [6.07, 6.45) is 3.49. The van der Waals surface area contributed by atoms with Crippen LogP contribution in [0.5, 0.6) is 0 Å². The van der Waals surface area contributed by atoms with Crippen LogP contribution in [0.1, 0.15) is 32.6 Å². The van der Waals surface area contributed by atoms with E-state index < -0.39 is 0 Å². The average Bonchev–Trinajstić information content (AvgIpc) is 2.18. The van der Waals surface area contributed by atoms with E-state index >= 15 is 0 Å². The Balaban J connectivity index is 2.22. The number of amides is 2. The summed E-state index contributed by atoms with van der Waals surface area (Å²) >= 11 is 0. The minimum absolute atomic E-state index is 0.0304. The molecule has 82 valence electrons. The summed E-state index contributed by atoms with van der Waals surface area (Å²) in [6.45, 7) is 4.09. The van der Waals surface area contributed by atoms with Crippen LogP contribution in [0.15, 0.2) is 0 Å². The van der Waals surface area contributed by atoms with Gasteiger partial charge in [-0.3, -0.25) is 0 Å². The zero-order valence-electron chi connectivity index (χ0n) is 8.83. The van der Waals surface area contributed by atoms with Gasteiger partial charge < -0.3 is 15.3 Å². The highest BCUT2D eigenvalue weighted by atomic mass is 16.3. The van der Waals surface area contributed by atoms with Crippen LogP contribution in [0, 0.1) is 0 Å². The molecule has 1 aliphatic heterocycles. The summed E-state index contributed by atoms with van der Waals surface area (Å²) in [7, 11) is 0. The van der Waals surface area contributed by atoms with E-state index in [2.05, 4.69) is 12.2 Å². The molecular formula is C10H20N2O2. The van der Waals surface area contributed by atoms with Gasteiger partial charge in [-0.2, -0.15) is 0 Å². The van der Waals surface area contributed by atoms with E-state index in [-0.39, 0.29) is 12.1 Å². The number of aliphatic hydroxyl groups excluding tert-OH is 1. The Morgan fingerprint density at radius 3 is 3.07 bits per heavy atom. The van der Waals surface area contributed by atoms with Crippen molar-refractivity contribution in [2.45, 2.75) is 38.7 Å². The smallest absolute Gasteiger partial charge is 0.317 e. The number of hydrogen-bond acceptors (Lipinski definition) is 2. The van der Waals surface area contributed by atoms with E-state index in [9.17, 15) is 9.90 Å². The van der Waals surface area contributed by atoms with Crippen LogP contribution in [0.25, 0.3) is 0 Å². The normalized spacial score (nSPS) is 22.1. The summed E-state index contributed by atoms with van der Waals surface area (Å²) in [6, 6.07) is -0.0304. The number of rotatable bonds is 3. The Kier molecular flexibility index (Phi) is 4.73. The van der Waals surface area contributed by atoms with Gasteiger partial charge in [-0.05, 0) is 19.3 Å². The minimum Gasteiger partial charge on any atom is -0.391 e. The van der Waals surface area contributed by atoms with Crippen LogP contribution in [0.4, 0.5) is 4.79 Å². The number of aliphatic hydroxyl groups is 1. The van der Waals surface area contributed by atoms with Gasteiger partial charge in [-0.15, -0.1) is 0 Å². The van der Waals surface area contributed by atoms with E-state index in [0.717, 1.165) is 38.8 Å². The summed E-state index contributed by atoms with van der Waals surface area (Å²) in [5, 5.41) is 12.2. The number of likely N-dealkylation sites (tertiary alicyclic amines) is 1. The predicted octanol–water partition coefficient (Wildman–Crippen LogP) is 0.953. The molecule has 1 saturated heterocycles. The summed E-state index contributed by atoms with van der Waals surface area (Å²) in [5.74, 6) is 0. The molecule has 4 heteroatoms. The maximum atomic E-state index is 11.5. The molecule has 1 fully saturated rings. The van der Waals surface area contributed by atoms with Crippen molar-refractivity contribution >= 4 is 6.03 Å². The molecule has 0 aliphatic carbocycles. The summed E-state index contributed by atoms with van der Waals surface area (Å²) < 4.78 is 0. The third kappa shape index (κ3) is 3.54. The van der Waals surface area contributed by atoms with Gasteiger partial charge in [-0.1, -0.05) is 13.3 Å². The molecule has 0 saturated carbocycles. The first-order chi connectivity index (χ1) is 6.74. The van der Waals surface area contributed by atoms with Gasteiger partial charge in [0.1, 0.15) is 0 Å². The molecule has 0 bridgehead atoms. The van der Waals surface area contributed by atoms with Crippen molar-refractivity contribution in [3.8, 4) is 0 Å². The topological polar surface area (TPSA) is 52.6 Å². The highest BCUT2D eigenvalue weighted by molar-refractivity contribution is 5.74. The van der Waals surface area contributed by atoms with E-state index in [1.807, 2.05) is 0 Å². The standard InChI is InChI=1S/C10H20N2O2/c1-2-3-6-11-10(14)12-7-4-5-9(13)8-12/h9,13H,2-8H2,1H3,(H,11,14). The van der Waals surface area contributed by atoms with Crippen LogP contribution in [-0.4, -0.2) is 41.8 Å². The first-order valence-corrected chi connectivity index (χ1v) is 5.45. The maximum Gasteiger partial charge on any atom is 0.317 e. The van der Waals surface area contributed by atoms with Gasteiger partial charge in [0.05, 0.1) is 6.10 Å². The maximum absolute atomic E-state index is 11.5. The zero-order chi connectivity index (χ0) is 10.4. The lowest BCUT2D eigenvalue weighted by Crippen LogP contribution is -2.47. The highest BCUT2D eigenvalue weighted by Crippen LogP contribution is 2.09. The fourth-order valence-corrected chi connectivity index (χ4v) is 1.62. The second kappa shape index (κ2) is 5.86. The molecule has 14 heavy (non-hydrogen) atoms.